The van der Waals surface area contributed by atoms with Gasteiger partial charge < -0.3 is 4.42 Å². The fraction of sp³-hybridized carbons (Fsp3) is 0. The topological polar surface area (TPSA) is 13.1 Å². The van der Waals surface area contributed by atoms with Gasteiger partial charge in [-0.15, -0.1) is 0 Å². The minimum atomic E-state index is -0.547. The predicted octanol–water partition coefficient (Wildman–Crippen LogP) is 12.6. The third-order valence-corrected chi connectivity index (χ3v) is 8.35. The van der Waals surface area contributed by atoms with E-state index in [0.717, 1.165) is 21.9 Å². The molecule has 45 heavy (non-hydrogen) atoms. The van der Waals surface area contributed by atoms with Crippen LogP contribution in [0.2, 0.25) is 0 Å². The molecule has 0 aliphatic heterocycles. The van der Waals surface area contributed by atoms with Crippen molar-refractivity contribution in [2.24, 2.45) is 0 Å². The van der Waals surface area contributed by atoms with Crippen LogP contribution in [0.5, 0.6) is 0 Å². The van der Waals surface area contributed by atoms with Gasteiger partial charge in [0.2, 0.25) is 0 Å². The second-order valence-electron chi connectivity index (χ2n) is 10.8. The summed E-state index contributed by atoms with van der Waals surface area (Å²) in [5.41, 5.74) is 4.68. The molecule has 8 aromatic carbocycles. The van der Waals surface area contributed by atoms with Gasteiger partial charge in [0.1, 0.15) is 11.2 Å². The molecule has 210 valence electrons. The van der Waals surface area contributed by atoms with Crippen LogP contribution >= 0.6 is 0 Å². The second-order valence-corrected chi connectivity index (χ2v) is 10.8. The van der Waals surface area contributed by atoms with E-state index >= 15 is 0 Å². The zero-order chi connectivity index (χ0) is 39.3. The fourth-order valence-electron chi connectivity index (χ4n) is 6.44. The second kappa shape index (κ2) is 10.4. The van der Waals surface area contributed by atoms with Gasteiger partial charge in [0.15, 0.2) is 0 Å². The van der Waals surface area contributed by atoms with E-state index in [1.165, 1.54) is 12.1 Å². The molecule has 1 heteroatoms. The Morgan fingerprint density at radius 1 is 0.378 bits per heavy atom. The van der Waals surface area contributed by atoms with Crippen molar-refractivity contribution in [3.8, 4) is 44.5 Å². The maximum atomic E-state index is 9.47. The van der Waals surface area contributed by atoms with E-state index in [1.54, 1.807) is 24.3 Å². The van der Waals surface area contributed by atoms with Crippen molar-refractivity contribution in [3.05, 3.63) is 170 Å². The van der Waals surface area contributed by atoms with E-state index in [2.05, 4.69) is 0 Å². The van der Waals surface area contributed by atoms with Gasteiger partial charge in [0.25, 0.3) is 0 Å². The molecule has 0 N–H and O–H groups in total. The van der Waals surface area contributed by atoms with Crippen LogP contribution in [-0.4, -0.2) is 0 Å². The summed E-state index contributed by atoms with van der Waals surface area (Å²) in [6.45, 7) is 0. The molecule has 1 heterocycles. The van der Waals surface area contributed by atoms with Gasteiger partial charge in [-0.25, -0.2) is 0 Å². The Morgan fingerprint density at radius 3 is 1.82 bits per heavy atom. The van der Waals surface area contributed by atoms with E-state index in [-0.39, 0.29) is 51.6 Å². The highest BCUT2D eigenvalue weighted by molar-refractivity contribution is 6.23. The molecule has 1 aromatic heterocycles. The maximum Gasteiger partial charge on any atom is 0.143 e. The van der Waals surface area contributed by atoms with Crippen LogP contribution in [0.25, 0.3) is 88.0 Å². The van der Waals surface area contributed by atoms with E-state index < -0.39 is 42.3 Å². The highest BCUT2D eigenvalue weighted by Crippen LogP contribution is 2.48. The molecule has 0 atom stereocenters. The first kappa shape index (κ1) is 16.8. The van der Waals surface area contributed by atoms with E-state index in [1.807, 2.05) is 66.7 Å². The van der Waals surface area contributed by atoms with Crippen LogP contribution in [0.1, 0.15) is 15.1 Å². The Labute approximate surface area is 277 Å². The molecule has 9 rings (SSSR count). The zero-order valence-corrected chi connectivity index (χ0v) is 23.7. The lowest BCUT2D eigenvalue weighted by Crippen LogP contribution is -1.93. The lowest BCUT2D eigenvalue weighted by atomic mass is 9.83. The van der Waals surface area contributed by atoms with Crippen molar-refractivity contribution in [2.45, 2.75) is 0 Å². The molecule has 0 radical (unpaired) electrons. The summed E-state index contributed by atoms with van der Waals surface area (Å²) in [5.74, 6) is 0. The van der Waals surface area contributed by atoms with E-state index in [0.29, 0.717) is 38.6 Å². The largest absolute Gasteiger partial charge is 0.455 e. The quantitative estimate of drug-likeness (QED) is 0.188. The van der Waals surface area contributed by atoms with Crippen LogP contribution < -0.4 is 0 Å². The lowest BCUT2D eigenvalue weighted by Gasteiger charge is -2.20. The number of rotatable bonds is 4. The van der Waals surface area contributed by atoms with Gasteiger partial charge in [-0.1, -0.05) is 151 Å². The number of hydrogen-bond donors (Lipinski definition) is 0. The van der Waals surface area contributed by atoms with Crippen molar-refractivity contribution in [2.75, 3.05) is 0 Å². The third kappa shape index (κ3) is 4.09. The Kier molecular flexibility index (Phi) is 3.87. The molecular formula is C44H28O. The number of para-hydroxylation sites is 1. The van der Waals surface area contributed by atoms with Crippen LogP contribution in [-0.2, 0) is 0 Å². The molecular weight excluding hydrogens is 544 g/mol. The van der Waals surface area contributed by atoms with Crippen molar-refractivity contribution < 1.29 is 19.5 Å². The lowest BCUT2D eigenvalue weighted by molar-refractivity contribution is 0.670. The summed E-state index contributed by atoms with van der Waals surface area (Å²) in [7, 11) is 0. The van der Waals surface area contributed by atoms with Crippen LogP contribution in [0, 0.1) is 0 Å². The summed E-state index contributed by atoms with van der Waals surface area (Å²) in [4.78, 5) is 0. The Balaban J connectivity index is 1.52. The molecule has 0 unspecified atom stereocenters. The standard InChI is InChI=1S/C44H28O/c1-3-15-29(16-4-1)32-19-7-8-21-34(32)43-37-24-11-9-22-35(37)42(36-23-10-12-25-38(36)43)31-27-39(30-17-5-2-6-18-30)44-40(28-31)33-20-13-14-26-41(33)45-44/h1-28H/i1D,3D,4D,9D,10D,11D,12D,15D,16D,22D,24D. The fourth-order valence-corrected chi connectivity index (χ4v) is 6.44. The average molecular weight is 584 g/mol. The molecule has 0 aliphatic rings. The first-order valence-electron chi connectivity index (χ1n) is 20.0. The molecule has 1 nitrogen and oxygen atoms in total. The van der Waals surface area contributed by atoms with Crippen molar-refractivity contribution in [1.29, 1.82) is 0 Å². The summed E-state index contributed by atoms with van der Waals surface area (Å²) in [6, 6.07) is 26.5. The van der Waals surface area contributed by atoms with Gasteiger partial charge >= 0.3 is 0 Å². The minimum Gasteiger partial charge on any atom is -0.455 e. The van der Waals surface area contributed by atoms with Gasteiger partial charge in [-0.3, -0.25) is 0 Å². The molecule has 0 aliphatic carbocycles. The minimum absolute atomic E-state index is 0.0780. The van der Waals surface area contributed by atoms with Crippen molar-refractivity contribution in [3.63, 3.8) is 0 Å². The monoisotopic (exact) mass is 583 g/mol. The zero-order valence-electron chi connectivity index (χ0n) is 34.7. The molecule has 9 aromatic rings. The normalized spacial score (nSPS) is 15.0. The molecule has 0 amide bonds. The van der Waals surface area contributed by atoms with Gasteiger partial charge in [0, 0.05) is 16.3 Å². The summed E-state index contributed by atoms with van der Waals surface area (Å²) in [5, 5.41) is 2.72. The van der Waals surface area contributed by atoms with Gasteiger partial charge in [-0.05, 0) is 78.7 Å². The number of furan rings is 1. The number of hydrogen-bond acceptors (Lipinski definition) is 1. The highest BCUT2D eigenvalue weighted by atomic mass is 16.3. The molecule has 0 saturated carbocycles. The van der Waals surface area contributed by atoms with Crippen molar-refractivity contribution >= 4 is 43.5 Å². The molecule has 0 fully saturated rings. The Bertz CT molecular complexity index is 3120. The van der Waals surface area contributed by atoms with Crippen LogP contribution in [0.3, 0.4) is 0 Å². The van der Waals surface area contributed by atoms with Crippen molar-refractivity contribution in [1.82, 2.24) is 0 Å². The molecule has 0 bridgehead atoms. The first-order chi connectivity index (χ1) is 26.9. The summed E-state index contributed by atoms with van der Waals surface area (Å²) < 4.78 is 104. The van der Waals surface area contributed by atoms with E-state index in [9.17, 15) is 2.74 Å². The van der Waals surface area contributed by atoms with Gasteiger partial charge in [-0.2, -0.15) is 0 Å². The van der Waals surface area contributed by atoms with Gasteiger partial charge in [0.05, 0.1) is 15.1 Å². The Hall–Kier alpha value is -5.92. The third-order valence-electron chi connectivity index (χ3n) is 8.35. The Morgan fingerprint density at radius 2 is 1.02 bits per heavy atom. The SMILES string of the molecule is [2H]c1cc2c(-c3cc(-c4ccccc4)c4oc5ccccc5c4c3)c3c([2H])c([2H])c([2H])c([2H])c3c(-c3ccccc3-c3c([2H])c([2H])c([2H])c([2H])c3[2H])c2cc1[2H]. The molecule has 0 saturated heterocycles. The smallest absolute Gasteiger partial charge is 0.143 e. The number of fused-ring (bicyclic) bond motifs is 5. The molecule has 0 spiro atoms. The highest BCUT2D eigenvalue weighted by Gasteiger charge is 2.21. The van der Waals surface area contributed by atoms with E-state index in [4.69, 9.17) is 16.8 Å². The average Bonchev–Trinajstić information content (AvgIpc) is 3.59. The summed E-state index contributed by atoms with van der Waals surface area (Å²) in [6.07, 6.45) is 0. The first-order valence-corrected chi connectivity index (χ1v) is 14.5. The summed E-state index contributed by atoms with van der Waals surface area (Å²) >= 11 is 0. The maximum absolute atomic E-state index is 9.47. The van der Waals surface area contributed by atoms with Crippen LogP contribution in [0.4, 0.5) is 0 Å². The van der Waals surface area contributed by atoms with Crippen LogP contribution in [0.15, 0.2) is 174 Å². The predicted molar refractivity (Wildman–Crippen MR) is 190 cm³/mol. The number of benzene rings is 8.